The molecule has 1 saturated carbocycles. The summed E-state index contributed by atoms with van der Waals surface area (Å²) >= 11 is 4.60. The average Bonchev–Trinajstić information content (AvgIpc) is 3.17. The zero-order valence-electron chi connectivity index (χ0n) is 17.3. The summed E-state index contributed by atoms with van der Waals surface area (Å²) < 4.78 is 1.51. The molecule has 158 valence electrons. The van der Waals surface area contributed by atoms with Gasteiger partial charge in [-0.05, 0) is 45.5 Å². The van der Waals surface area contributed by atoms with Crippen molar-refractivity contribution in [2.45, 2.75) is 53.6 Å². The highest BCUT2D eigenvalue weighted by Crippen LogP contribution is 2.48. The maximum atomic E-state index is 12.7. The molecule has 0 aliphatic heterocycles. The molecule has 0 radical (unpaired) electrons. The summed E-state index contributed by atoms with van der Waals surface area (Å²) in [6.07, 6.45) is 2.63. The lowest BCUT2D eigenvalue weighted by atomic mass is 9.58. The van der Waals surface area contributed by atoms with E-state index in [4.69, 9.17) is 0 Å². The molecule has 1 aliphatic rings. The number of halogens is 1. The van der Waals surface area contributed by atoms with Gasteiger partial charge >= 0.3 is 0 Å². The van der Waals surface area contributed by atoms with Crippen LogP contribution < -0.4 is 16.2 Å². The van der Waals surface area contributed by atoms with Crippen molar-refractivity contribution in [2.24, 2.45) is 23.2 Å². The zero-order chi connectivity index (χ0) is 21.3. The molecule has 0 aromatic carbocycles. The van der Waals surface area contributed by atoms with Gasteiger partial charge in [-0.2, -0.15) is 5.10 Å². The van der Waals surface area contributed by atoms with E-state index < -0.39 is 0 Å². The van der Waals surface area contributed by atoms with Crippen molar-refractivity contribution < 1.29 is 4.79 Å². The molecule has 2 aromatic rings. The second-order valence-corrected chi connectivity index (χ2v) is 10.1. The lowest BCUT2D eigenvalue weighted by Crippen LogP contribution is -2.48. The first-order valence-corrected chi connectivity index (χ1v) is 11.4. The molecule has 0 spiro atoms. The summed E-state index contributed by atoms with van der Waals surface area (Å²) in [5.41, 5.74) is 2.10. The monoisotopic (exact) mass is 482 g/mol. The molecular weight excluding hydrogens is 456 g/mol. The predicted octanol–water partition coefficient (Wildman–Crippen LogP) is 3.61. The Hall–Kier alpha value is -1.81. The first-order valence-electron chi connectivity index (χ1n) is 9.69. The SMILES string of the molecule is C[C@@H]1[C@@H](C)C(C)(C)[C@@H](C)C[C@H]1Nc1cnn(CC(=O)Nc2nncs2)c(=O)c1Br. The van der Waals surface area contributed by atoms with Crippen LogP contribution in [0.3, 0.4) is 0 Å². The molecular formula is C19H27BrN6O2S. The van der Waals surface area contributed by atoms with Crippen molar-refractivity contribution in [1.82, 2.24) is 20.0 Å². The summed E-state index contributed by atoms with van der Waals surface area (Å²) in [4.78, 5) is 24.8. The minimum absolute atomic E-state index is 0.195. The summed E-state index contributed by atoms with van der Waals surface area (Å²) in [6.45, 7) is 11.3. The lowest BCUT2D eigenvalue weighted by molar-refractivity contribution is -0.117. The Kier molecular flexibility index (Phi) is 6.42. The third kappa shape index (κ3) is 4.53. The van der Waals surface area contributed by atoms with Gasteiger partial charge in [-0.3, -0.25) is 14.9 Å². The minimum atomic E-state index is -0.380. The number of hydrogen-bond acceptors (Lipinski definition) is 7. The Morgan fingerprint density at radius 2 is 2.10 bits per heavy atom. The number of carbonyl (C=O) groups excluding carboxylic acids is 1. The molecule has 29 heavy (non-hydrogen) atoms. The molecule has 2 N–H and O–H groups in total. The molecule has 4 atom stereocenters. The van der Waals surface area contributed by atoms with Crippen molar-refractivity contribution >= 4 is 44.0 Å². The van der Waals surface area contributed by atoms with Crippen LogP contribution in [0.5, 0.6) is 0 Å². The second kappa shape index (κ2) is 8.51. The van der Waals surface area contributed by atoms with E-state index in [1.165, 1.54) is 16.8 Å². The Morgan fingerprint density at radius 1 is 1.38 bits per heavy atom. The molecule has 2 heterocycles. The minimum Gasteiger partial charge on any atom is -0.380 e. The van der Waals surface area contributed by atoms with Crippen LogP contribution >= 0.6 is 27.3 Å². The van der Waals surface area contributed by atoms with Crippen molar-refractivity contribution in [1.29, 1.82) is 0 Å². The Labute approximate surface area is 182 Å². The number of hydrogen-bond donors (Lipinski definition) is 2. The number of carbonyl (C=O) groups is 1. The van der Waals surface area contributed by atoms with Crippen LogP contribution in [0.25, 0.3) is 0 Å². The van der Waals surface area contributed by atoms with E-state index in [9.17, 15) is 9.59 Å². The topological polar surface area (TPSA) is 102 Å². The smallest absolute Gasteiger partial charge is 0.283 e. The molecule has 0 unspecified atom stereocenters. The first-order chi connectivity index (χ1) is 13.6. The van der Waals surface area contributed by atoms with Gasteiger partial charge in [0.2, 0.25) is 11.0 Å². The van der Waals surface area contributed by atoms with Crippen molar-refractivity contribution in [3.63, 3.8) is 0 Å². The number of amides is 1. The van der Waals surface area contributed by atoms with Crippen LogP contribution in [0.15, 0.2) is 21.0 Å². The normalized spacial score (nSPS) is 26.1. The van der Waals surface area contributed by atoms with E-state index in [0.717, 1.165) is 11.1 Å². The highest BCUT2D eigenvalue weighted by Gasteiger charge is 2.43. The van der Waals surface area contributed by atoms with Crippen LogP contribution in [-0.2, 0) is 11.3 Å². The quantitative estimate of drug-likeness (QED) is 0.674. The number of rotatable bonds is 5. The number of nitrogens with one attached hydrogen (secondary N) is 2. The van der Waals surface area contributed by atoms with Crippen molar-refractivity contribution in [3.05, 3.63) is 26.5 Å². The van der Waals surface area contributed by atoms with E-state index in [0.29, 0.717) is 33.0 Å². The molecule has 10 heteroatoms. The maximum absolute atomic E-state index is 12.7. The summed E-state index contributed by atoms with van der Waals surface area (Å²) in [6, 6.07) is 0.252. The Bertz CT molecular complexity index is 929. The summed E-state index contributed by atoms with van der Waals surface area (Å²) in [5.74, 6) is 1.17. The third-order valence-corrected chi connectivity index (χ3v) is 8.07. The van der Waals surface area contributed by atoms with Gasteiger partial charge in [0.25, 0.3) is 5.56 Å². The maximum Gasteiger partial charge on any atom is 0.283 e. The Morgan fingerprint density at radius 3 is 2.76 bits per heavy atom. The summed E-state index contributed by atoms with van der Waals surface area (Å²) in [7, 11) is 0. The van der Waals surface area contributed by atoms with Crippen LogP contribution in [0, 0.1) is 23.2 Å². The van der Waals surface area contributed by atoms with Crippen LogP contribution in [0.1, 0.15) is 41.0 Å². The van der Waals surface area contributed by atoms with Gasteiger partial charge in [-0.1, -0.05) is 46.0 Å². The predicted molar refractivity (Wildman–Crippen MR) is 118 cm³/mol. The molecule has 1 amide bonds. The van der Waals surface area contributed by atoms with Gasteiger partial charge in [0.05, 0.1) is 11.9 Å². The first kappa shape index (κ1) is 21.9. The fourth-order valence-electron chi connectivity index (χ4n) is 3.96. The van der Waals surface area contributed by atoms with Gasteiger partial charge in [-0.25, -0.2) is 4.68 Å². The molecule has 1 aliphatic carbocycles. The van der Waals surface area contributed by atoms with Gasteiger partial charge in [0.15, 0.2) is 0 Å². The van der Waals surface area contributed by atoms with E-state index >= 15 is 0 Å². The van der Waals surface area contributed by atoms with Gasteiger partial charge in [0.1, 0.15) is 16.5 Å². The largest absolute Gasteiger partial charge is 0.380 e. The molecule has 8 nitrogen and oxygen atoms in total. The molecule has 0 saturated heterocycles. The number of anilines is 2. The fraction of sp³-hybridized carbons (Fsp3) is 0.632. The highest BCUT2D eigenvalue weighted by molar-refractivity contribution is 9.10. The second-order valence-electron chi connectivity index (χ2n) is 8.48. The molecule has 3 rings (SSSR count). The summed E-state index contributed by atoms with van der Waals surface area (Å²) in [5, 5.41) is 18.1. The lowest BCUT2D eigenvalue weighted by Gasteiger charge is -2.50. The van der Waals surface area contributed by atoms with Gasteiger partial charge < -0.3 is 5.32 Å². The molecule has 1 fully saturated rings. The standard InChI is InChI=1S/C19H27BrN6O2S/c1-10-6-13(11(2)12(3)19(10,4)5)23-14-7-22-26(17(28)16(14)20)8-15(27)24-18-25-21-9-29-18/h7,9-13,23H,6,8H2,1-5H3,(H,24,25,27)/t10-,11+,12+,13+/m0/s1. The van der Waals surface area contributed by atoms with E-state index in [1.807, 2.05) is 0 Å². The molecule has 0 bridgehead atoms. The van der Waals surface area contributed by atoms with E-state index in [-0.39, 0.29) is 29.5 Å². The average molecular weight is 483 g/mol. The van der Waals surface area contributed by atoms with Crippen molar-refractivity contribution in [2.75, 3.05) is 10.6 Å². The van der Waals surface area contributed by atoms with Crippen LogP contribution in [-0.4, -0.2) is 31.9 Å². The zero-order valence-corrected chi connectivity index (χ0v) is 19.7. The van der Waals surface area contributed by atoms with Gasteiger partial charge in [0, 0.05) is 6.04 Å². The number of aromatic nitrogens is 4. The molecule has 2 aromatic heterocycles. The van der Waals surface area contributed by atoms with Crippen LogP contribution in [0.2, 0.25) is 0 Å². The highest BCUT2D eigenvalue weighted by atomic mass is 79.9. The van der Waals surface area contributed by atoms with Crippen LogP contribution in [0.4, 0.5) is 10.8 Å². The van der Waals surface area contributed by atoms with Gasteiger partial charge in [-0.15, -0.1) is 10.2 Å². The fourth-order valence-corrected chi connectivity index (χ4v) is 4.85. The van der Waals surface area contributed by atoms with Crippen molar-refractivity contribution in [3.8, 4) is 0 Å². The Balaban J connectivity index is 1.72. The van der Waals surface area contributed by atoms with E-state index in [1.54, 1.807) is 6.20 Å². The number of nitrogens with zero attached hydrogens (tertiary/aromatic N) is 4. The third-order valence-electron chi connectivity index (χ3n) is 6.70. The van der Waals surface area contributed by atoms with E-state index in [2.05, 4.69) is 76.5 Å².